The van der Waals surface area contributed by atoms with Gasteiger partial charge in [0.1, 0.15) is 17.2 Å². The number of piperidine rings is 1. The molecule has 1 aliphatic rings. The van der Waals surface area contributed by atoms with E-state index in [0.717, 1.165) is 43.7 Å². The Morgan fingerprint density at radius 1 is 0.919 bits per heavy atom. The minimum Gasteiger partial charge on any atom is -0.497 e. The highest BCUT2D eigenvalue weighted by Gasteiger charge is 2.25. The molecule has 1 aromatic heterocycles. The molecule has 0 atom stereocenters. The summed E-state index contributed by atoms with van der Waals surface area (Å²) in [4.78, 5) is 16.0. The fourth-order valence-corrected chi connectivity index (χ4v) is 4.79. The molecule has 3 aromatic carbocycles. The maximum atomic E-state index is 13.5. The lowest BCUT2D eigenvalue weighted by molar-refractivity contribution is 0.0901. The Morgan fingerprint density at radius 2 is 1.62 bits per heavy atom. The smallest absolute Gasteiger partial charge is 0.270 e. The fourth-order valence-electron chi connectivity index (χ4n) is 4.79. The van der Waals surface area contributed by atoms with Gasteiger partial charge in [0.25, 0.3) is 5.91 Å². The van der Waals surface area contributed by atoms with Gasteiger partial charge >= 0.3 is 0 Å². The molecule has 7 heteroatoms. The van der Waals surface area contributed by atoms with Crippen molar-refractivity contribution in [3.63, 3.8) is 0 Å². The van der Waals surface area contributed by atoms with Crippen LogP contribution in [-0.4, -0.2) is 53.9 Å². The number of ether oxygens (including phenoxy) is 2. The number of benzene rings is 3. The molecule has 1 fully saturated rings. The van der Waals surface area contributed by atoms with Gasteiger partial charge in [0.05, 0.1) is 25.6 Å². The van der Waals surface area contributed by atoms with Gasteiger partial charge in [-0.25, -0.2) is 4.68 Å². The van der Waals surface area contributed by atoms with Crippen LogP contribution in [0, 0.1) is 0 Å². The molecule has 0 unspecified atom stereocenters. The second-order valence-corrected chi connectivity index (χ2v) is 9.24. The van der Waals surface area contributed by atoms with Crippen molar-refractivity contribution in [1.82, 2.24) is 20.0 Å². The molecule has 2 heterocycles. The van der Waals surface area contributed by atoms with E-state index < -0.39 is 0 Å². The first-order valence-electron chi connectivity index (χ1n) is 12.6. The first-order chi connectivity index (χ1) is 18.1. The Kier molecular flexibility index (Phi) is 7.51. The normalized spacial score (nSPS) is 14.3. The SMILES string of the molecule is COc1ccc(-c2cc(C(=O)NC3CCN(Cc4ccccc4)CC3)n(-c3ccccc3)n2)c(OC)c1. The molecule has 5 rings (SSSR count). The zero-order chi connectivity index (χ0) is 25.6. The van der Waals surface area contributed by atoms with Crippen LogP contribution in [0.4, 0.5) is 0 Å². The van der Waals surface area contributed by atoms with E-state index in [4.69, 9.17) is 14.6 Å². The standard InChI is InChI=1S/C30H32N4O3/c1-36-25-13-14-26(29(19-25)37-2)27-20-28(34(32-27)24-11-7-4-8-12-24)30(35)31-23-15-17-33(18-16-23)21-22-9-5-3-6-10-22/h3-14,19-20,23H,15-18,21H2,1-2H3,(H,31,35). The van der Waals surface area contributed by atoms with Crippen molar-refractivity contribution in [1.29, 1.82) is 0 Å². The Labute approximate surface area is 217 Å². The quantitative estimate of drug-likeness (QED) is 0.374. The van der Waals surface area contributed by atoms with Gasteiger partial charge in [-0.2, -0.15) is 5.10 Å². The van der Waals surface area contributed by atoms with Crippen molar-refractivity contribution in [2.24, 2.45) is 0 Å². The summed E-state index contributed by atoms with van der Waals surface area (Å²) < 4.78 is 12.6. The third kappa shape index (κ3) is 5.67. The number of likely N-dealkylation sites (tertiary alicyclic amines) is 1. The van der Waals surface area contributed by atoms with Gasteiger partial charge in [0.2, 0.25) is 0 Å². The summed E-state index contributed by atoms with van der Waals surface area (Å²) in [5.74, 6) is 1.20. The average Bonchev–Trinajstić information content (AvgIpc) is 3.40. The number of rotatable bonds is 8. The second-order valence-electron chi connectivity index (χ2n) is 9.24. The van der Waals surface area contributed by atoms with Crippen LogP contribution in [0.2, 0.25) is 0 Å². The molecule has 4 aromatic rings. The van der Waals surface area contributed by atoms with E-state index in [1.807, 2.05) is 60.7 Å². The molecule has 1 aliphatic heterocycles. The van der Waals surface area contributed by atoms with E-state index in [9.17, 15) is 4.79 Å². The van der Waals surface area contributed by atoms with E-state index in [-0.39, 0.29) is 11.9 Å². The van der Waals surface area contributed by atoms with Crippen molar-refractivity contribution in [2.75, 3.05) is 27.3 Å². The van der Waals surface area contributed by atoms with Gasteiger partial charge in [-0.3, -0.25) is 9.69 Å². The topological polar surface area (TPSA) is 68.6 Å². The van der Waals surface area contributed by atoms with E-state index in [2.05, 4.69) is 34.5 Å². The molecule has 0 aliphatic carbocycles. The Hall–Kier alpha value is -4.10. The fraction of sp³-hybridized carbons (Fsp3) is 0.267. The molecule has 0 radical (unpaired) electrons. The van der Waals surface area contributed by atoms with Gasteiger partial charge in [-0.05, 0) is 48.7 Å². The van der Waals surface area contributed by atoms with Crippen LogP contribution in [0.15, 0.2) is 84.9 Å². The van der Waals surface area contributed by atoms with Crippen LogP contribution in [0.3, 0.4) is 0 Å². The number of aromatic nitrogens is 2. The molecule has 0 bridgehead atoms. The number of nitrogens with zero attached hydrogens (tertiary/aromatic N) is 3. The third-order valence-corrected chi connectivity index (χ3v) is 6.80. The molecule has 1 amide bonds. The zero-order valence-corrected chi connectivity index (χ0v) is 21.3. The summed E-state index contributed by atoms with van der Waals surface area (Å²) in [6, 6.07) is 27.8. The first kappa shape index (κ1) is 24.6. The predicted octanol–water partition coefficient (Wildman–Crippen LogP) is 4.95. The van der Waals surface area contributed by atoms with Crippen LogP contribution in [0.1, 0.15) is 28.9 Å². The van der Waals surface area contributed by atoms with Crippen LogP contribution in [0.25, 0.3) is 16.9 Å². The molecule has 0 spiro atoms. The Balaban J connectivity index is 1.35. The van der Waals surface area contributed by atoms with E-state index >= 15 is 0 Å². The van der Waals surface area contributed by atoms with Gasteiger partial charge in [-0.1, -0.05) is 48.5 Å². The molecular weight excluding hydrogens is 464 g/mol. The lowest BCUT2D eigenvalue weighted by Crippen LogP contribution is -2.44. The maximum absolute atomic E-state index is 13.5. The van der Waals surface area contributed by atoms with Crippen LogP contribution in [0.5, 0.6) is 11.5 Å². The number of methoxy groups -OCH3 is 2. The maximum Gasteiger partial charge on any atom is 0.270 e. The summed E-state index contributed by atoms with van der Waals surface area (Å²) in [5, 5.41) is 8.08. The average molecular weight is 497 g/mol. The number of hydrogen-bond acceptors (Lipinski definition) is 5. The highest BCUT2D eigenvalue weighted by Crippen LogP contribution is 2.33. The van der Waals surface area contributed by atoms with Crippen LogP contribution < -0.4 is 14.8 Å². The number of carbonyl (C=O) groups is 1. The van der Waals surface area contributed by atoms with Crippen molar-refractivity contribution in [3.8, 4) is 28.4 Å². The number of hydrogen-bond donors (Lipinski definition) is 1. The Bertz CT molecular complexity index is 1330. The third-order valence-electron chi connectivity index (χ3n) is 6.80. The predicted molar refractivity (Wildman–Crippen MR) is 144 cm³/mol. The molecule has 1 N–H and O–H groups in total. The summed E-state index contributed by atoms with van der Waals surface area (Å²) in [7, 11) is 3.23. The molecule has 37 heavy (non-hydrogen) atoms. The van der Waals surface area contributed by atoms with E-state index in [1.165, 1.54) is 5.56 Å². The van der Waals surface area contributed by atoms with Gasteiger partial charge in [-0.15, -0.1) is 0 Å². The summed E-state index contributed by atoms with van der Waals surface area (Å²) >= 11 is 0. The van der Waals surface area contributed by atoms with Crippen molar-refractivity contribution in [3.05, 3.63) is 96.2 Å². The Morgan fingerprint density at radius 3 is 2.30 bits per heavy atom. The molecule has 190 valence electrons. The number of amides is 1. The van der Waals surface area contributed by atoms with Crippen molar-refractivity contribution in [2.45, 2.75) is 25.4 Å². The van der Waals surface area contributed by atoms with Gasteiger partial charge < -0.3 is 14.8 Å². The van der Waals surface area contributed by atoms with E-state index in [1.54, 1.807) is 18.9 Å². The molecular formula is C30H32N4O3. The zero-order valence-electron chi connectivity index (χ0n) is 21.3. The summed E-state index contributed by atoms with van der Waals surface area (Å²) in [6.45, 7) is 2.84. The lowest BCUT2D eigenvalue weighted by atomic mass is 10.0. The van der Waals surface area contributed by atoms with Crippen LogP contribution in [-0.2, 0) is 6.54 Å². The first-order valence-corrected chi connectivity index (χ1v) is 12.6. The lowest BCUT2D eigenvalue weighted by Gasteiger charge is -2.32. The summed E-state index contributed by atoms with van der Waals surface area (Å²) in [6.07, 6.45) is 1.83. The minimum atomic E-state index is -0.128. The number of carbonyl (C=O) groups excluding carboxylic acids is 1. The highest BCUT2D eigenvalue weighted by molar-refractivity contribution is 5.94. The van der Waals surface area contributed by atoms with Crippen LogP contribution >= 0.6 is 0 Å². The molecule has 1 saturated heterocycles. The van der Waals surface area contributed by atoms with Crippen molar-refractivity contribution < 1.29 is 14.3 Å². The van der Waals surface area contributed by atoms with Gasteiger partial charge in [0, 0.05) is 37.3 Å². The largest absolute Gasteiger partial charge is 0.497 e. The van der Waals surface area contributed by atoms with E-state index in [0.29, 0.717) is 22.9 Å². The summed E-state index contributed by atoms with van der Waals surface area (Å²) in [5.41, 5.74) is 4.08. The van der Waals surface area contributed by atoms with Gasteiger partial charge in [0.15, 0.2) is 0 Å². The highest BCUT2D eigenvalue weighted by atomic mass is 16.5. The molecule has 7 nitrogen and oxygen atoms in total. The second kappa shape index (κ2) is 11.3. The van der Waals surface area contributed by atoms with Crippen molar-refractivity contribution >= 4 is 5.91 Å². The molecule has 0 saturated carbocycles. The monoisotopic (exact) mass is 496 g/mol. The minimum absolute atomic E-state index is 0.123. The number of para-hydroxylation sites is 1. The number of nitrogens with one attached hydrogen (secondary N) is 1.